The number of hydrogen-bond donors (Lipinski definition) is 1. The maximum atomic E-state index is 13.9. The second-order valence-electron chi connectivity index (χ2n) is 4.75. The molecule has 0 radical (unpaired) electrons. The first-order valence-electron chi connectivity index (χ1n) is 6.20. The fourth-order valence-corrected chi connectivity index (χ4v) is 1.61. The largest absolute Gasteiger partial charge is 0.462 e. The summed E-state index contributed by atoms with van der Waals surface area (Å²) in [5.74, 6) is -16.7. The summed E-state index contributed by atoms with van der Waals surface area (Å²) in [5.41, 5.74) is -0.728. The highest BCUT2D eigenvalue weighted by molar-refractivity contribution is 6.30. The summed E-state index contributed by atoms with van der Waals surface area (Å²) >= 11 is 5.41. The second kappa shape index (κ2) is 6.96. The molecule has 15 heteroatoms. The van der Waals surface area contributed by atoms with E-state index in [-0.39, 0.29) is 5.02 Å². The van der Waals surface area contributed by atoms with Crippen molar-refractivity contribution in [3.8, 4) is 0 Å². The Morgan fingerprint density at radius 2 is 1.41 bits per heavy atom. The first kappa shape index (κ1) is 23.2. The summed E-state index contributed by atoms with van der Waals surface area (Å²) in [6, 6.07) is 3.60. The van der Waals surface area contributed by atoms with E-state index in [0.717, 1.165) is 23.5 Å². The van der Waals surface area contributed by atoms with Gasteiger partial charge in [-0.05, 0) is 18.2 Å². The van der Waals surface area contributed by atoms with Crippen LogP contribution >= 0.6 is 11.6 Å². The predicted molar refractivity (Wildman–Crippen MR) is 67.0 cm³/mol. The third-order valence-electron chi connectivity index (χ3n) is 2.73. The molecule has 1 unspecified atom stereocenters. The lowest BCUT2D eigenvalue weighted by Crippen LogP contribution is -2.62. The molecule has 1 atom stereocenters. The number of ether oxygens (including phenoxy) is 1. The minimum absolute atomic E-state index is 0.237. The Morgan fingerprint density at radius 1 is 0.889 bits per heavy atom. The van der Waals surface area contributed by atoms with Crippen LogP contribution in [0.3, 0.4) is 0 Å². The van der Waals surface area contributed by atoms with Crippen LogP contribution in [0.25, 0.3) is 0 Å². The first-order valence-corrected chi connectivity index (χ1v) is 6.58. The Hall–Kier alpha value is -1.83. The molecule has 3 nitrogen and oxygen atoms in total. The zero-order valence-corrected chi connectivity index (χ0v) is 12.9. The summed E-state index contributed by atoms with van der Waals surface area (Å²) in [6.07, 6.45) is -21.0. The molecule has 0 saturated carbocycles. The van der Waals surface area contributed by atoms with Crippen molar-refractivity contribution in [2.24, 2.45) is 0 Å². The van der Waals surface area contributed by atoms with Crippen LogP contribution < -0.4 is 5.32 Å². The van der Waals surface area contributed by atoms with E-state index in [1.807, 2.05) is 0 Å². The summed E-state index contributed by atoms with van der Waals surface area (Å²) < 4.78 is 142. The van der Waals surface area contributed by atoms with E-state index in [1.165, 1.54) is 0 Å². The van der Waals surface area contributed by atoms with Gasteiger partial charge in [0.05, 0.1) is 0 Å². The summed E-state index contributed by atoms with van der Waals surface area (Å²) in [7, 11) is 0. The van der Waals surface area contributed by atoms with E-state index in [1.54, 1.807) is 0 Å². The molecule has 0 saturated heterocycles. The summed E-state index contributed by atoms with van der Waals surface area (Å²) in [5, 5.41) is 0.803. The Kier molecular flexibility index (Phi) is 5.99. The van der Waals surface area contributed by atoms with Crippen molar-refractivity contribution in [2.45, 2.75) is 30.2 Å². The molecular formula is C12H5ClF11NO2. The topological polar surface area (TPSA) is 38.3 Å². The molecule has 0 aromatic heterocycles. The molecule has 0 aliphatic heterocycles. The minimum atomic E-state index is -7.25. The highest BCUT2D eigenvalue weighted by Gasteiger charge is 2.79. The average Bonchev–Trinajstić information content (AvgIpc) is 2.44. The molecule has 0 bridgehead atoms. The molecule has 0 fully saturated rings. The van der Waals surface area contributed by atoms with E-state index in [4.69, 9.17) is 11.6 Å². The van der Waals surface area contributed by atoms with Gasteiger partial charge in [0, 0.05) is 10.7 Å². The van der Waals surface area contributed by atoms with Gasteiger partial charge >= 0.3 is 30.2 Å². The Balaban J connectivity index is 3.30. The molecule has 1 rings (SSSR count). The van der Waals surface area contributed by atoms with Gasteiger partial charge < -0.3 is 5.32 Å². The molecule has 0 heterocycles. The summed E-state index contributed by atoms with van der Waals surface area (Å²) in [4.78, 5) is 11.4. The van der Waals surface area contributed by atoms with Crippen LogP contribution in [0.15, 0.2) is 24.3 Å². The summed E-state index contributed by atoms with van der Waals surface area (Å²) in [6.45, 7) is 0. The molecule has 0 spiro atoms. The Labute approximate surface area is 147 Å². The normalized spacial score (nSPS) is 16.0. The number of carbonyl (C=O) groups excluding carboxylic acids is 1. The van der Waals surface area contributed by atoms with Gasteiger partial charge in [0.1, 0.15) is 0 Å². The van der Waals surface area contributed by atoms with Crippen LogP contribution in [0.1, 0.15) is 0 Å². The Bertz CT molecular complexity index is 703. The van der Waals surface area contributed by atoms with Gasteiger partial charge in [-0.15, -0.1) is 0 Å². The lowest BCUT2D eigenvalue weighted by atomic mass is 10.2. The standard InChI is InChI=1S/C12H5ClF11NO2/c13-5-2-1-3-6(4-5)25-7(26)8(14,10(17,18)19)27-12(23,24)9(15,16)11(20,21)22/h1-4H,(H,25,26). The zero-order chi connectivity index (χ0) is 21.5. The van der Waals surface area contributed by atoms with Crippen LogP contribution in [-0.2, 0) is 9.53 Å². The second-order valence-corrected chi connectivity index (χ2v) is 5.18. The quantitative estimate of drug-likeness (QED) is 0.631. The van der Waals surface area contributed by atoms with Crippen LogP contribution in [0.2, 0.25) is 5.02 Å². The van der Waals surface area contributed by atoms with Gasteiger partial charge in [0.25, 0.3) is 5.91 Å². The van der Waals surface area contributed by atoms with Crippen molar-refractivity contribution >= 4 is 23.2 Å². The van der Waals surface area contributed by atoms with Crippen molar-refractivity contribution in [2.75, 3.05) is 5.32 Å². The predicted octanol–water partition coefficient (Wildman–Crippen LogP) is 5.31. The number of hydrogen-bond acceptors (Lipinski definition) is 2. The van der Waals surface area contributed by atoms with Gasteiger partial charge in [0.15, 0.2) is 0 Å². The van der Waals surface area contributed by atoms with E-state index < -0.39 is 41.8 Å². The van der Waals surface area contributed by atoms with Crippen molar-refractivity contribution in [1.82, 2.24) is 0 Å². The fraction of sp³-hybridized carbons (Fsp3) is 0.417. The molecular weight excluding hydrogens is 435 g/mol. The van der Waals surface area contributed by atoms with Crippen molar-refractivity contribution in [3.05, 3.63) is 29.3 Å². The van der Waals surface area contributed by atoms with E-state index in [2.05, 4.69) is 4.74 Å². The first-order chi connectivity index (χ1) is 11.8. The number of carbonyl (C=O) groups is 1. The molecule has 1 amide bonds. The van der Waals surface area contributed by atoms with Crippen molar-refractivity contribution in [3.63, 3.8) is 0 Å². The number of nitrogens with one attached hydrogen (secondary N) is 1. The van der Waals surface area contributed by atoms with E-state index in [0.29, 0.717) is 6.07 Å². The van der Waals surface area contributed by atoms with Crippen molar-refractivity contribution < 1.29 is 57.8 Å². The minimum Gasteiger partial charge on any atom is -0.321 e. The van der Waals surface area contributed by atoms with E-state index in [9.17, 15) is 53.1 Å². The molecule has 0 aliphatic rings. The number of alkyl halides is 11. The number of anilines is 1. The molecule has 1 aromatic carbocycles. The van der Waals surface area contributed by atoms with Crippen LogP contribution in [0, 0.1) is 0 Å². The van der Waals surface area contributed by atoms with Crippen LogP contribution in [0.5, 0.6) is 0 Å². The lowest BCUT2D eigenvalue weighted by Gasteiger charge is -2.34. The van der Waals surface area contributed by atoms with Crippen LogP contribution in [-0.4, -0.2) is 36.1 Å². The van der Waals surface area contributed by atoms with Crippen molar-refractivity contribution in [1.29, 1.82) is 0 Å². The number of benzene rings is 1. The SMILES string of the molecule is O=C(Nc1cccc(Cl)c1)C(F)(OC(F)(F)C(F)(F)C(F)(F)F)C(F)(F)F. The zero-order valence-electron chi connectivity index (χ0n) is 12.2. The third-order valence-corrected chi connectivity index (χ3v) is 2.96. The average molecular weight is 440 g/mol. The fourth-order valence-electron chi connectivity index (χ4n) is 1.42. The monoisotopic (exact) mass is 439 g/mol. The van der Waals surface area contributed by atoms with Crippen LogP contribution in [0.4, 0.5) is 54.0 Å². The molecule has 1 aromatic rings. The number of rotatable bonds is 5. The molecule has 1 N–H and O–H groups in total. The van der Waals surface area contributed by atoms with E-state index >= 15 is 0 Å². The third kappa shape index (κ3) is 4.54. The highest BCUT2D eigenvalue weighted by Crippen LogP contribution is 2.51. The maximum Gasteiger partial charge on any atom is 0.462 e. The smallest absolute Gasteiger partial charge is 0.321 e. The Morgan fingerprint density at radius 3 is 1.81 bits per heavy atom. The number of halogens is 12. The van der Waals surface area contributed by atoms with Gasteiger partial charge in [0.2, 0.25) is 0 Å². The lowest BCUT2D eigenvalue weighted by molar-refractivity contribution is -0.472. The molecule has 27 heavy (non-hydrogen) atoms. The highest BCUT2D eigenvalue weighted by atomic mass is 35.5. The maximum absolute atomic E-state index is 13.9. The molecule has 154 valence electrons. The molecule has 0 aliphatic carbocycles. The van der Waals surface area contributed by atoms with Gasteiger partial charge in [-0.25, -0.2) is 0 Å². The number of amides is 1. The van der Waals surface area contributed by atoms with Gasteiger partial charge in [-0.1, -0.05) is 17.7 Å². The van der Waals surface area contributed by atoms with Gasteiger partial charge in [-0.2, -0.15) is 48.3 Å². The van der Waals surface area contributed by atoms with Gasteiger partial charge in [-0.3, -0.25) is 9.53 Å².